The van der Waals surface area contributed by atoms with Gasteiger partial charge in [0.25, 0.3) is 0 Å². The third kappa shape index (κ3) is 4.87. The highest BCUT2D eigenvalue weighted by molar-refractivity contribution is 7.92. The van der Waals surface area contributed by atoms with Gasteiger partial charge in [-0.25, -0.2) is 8.42 Å². The van der Waals surface area contributed by atoms with Crippen LogP contribution in [-0.4, -0.2) is 63.6 Å². The van der Waals surface area contributed by atoms with Gasteiger partial charge in [-0.15, -0.1) is 0 Å². The number of rotatable bonds is 5. The van der Waals surface area contributed by atoms with Crippen molar-refractivity contribution in [2.45, 2.75) is 31.4 Å². The lowest BCUT2D eigenvalue weighted by atomic mass is 10.1. The summed E-state index contributed by atoms with van der Waals surface area (Å²) in [5.41, 5.74) is 1.27. The van der Waals surface area contributed by atoms with E-state index < -0.39 is 14.6 Å². The van der Waals surface area contributed by atoms with Gasteiger partial charge < -0.3 is 15.0 Å². The smallest absolute Gasteiger partial charge is 0.193 e. The highest BCUT2D eigenvalue weighted by atomic mass is 32.2. The Hall–Kier alpha value is -1.76. The molecule has 1 fully saturated rings. The summed E-state index contributed by atoms with van der Waals surface area (Å²) in [4.78, 5) is 6.35. The van der Waals surface area contributed by atoms with E-state index >= 15 is 0 Å². The summed E-state index contributed by atoms with van der Waals surface area (Å²) in [7, 11) is 0.365. The molecular weight excluding hydrogens is 338 g/mol. The average Bonchev–Trinajstić information content (AvgIpc) is 2.58. The van der Waals surface area contributed by atoms with Crippen molar-refractivity contribution < 1.29 is 13.2 Å². The highest BCUT2D eigenvalue weighted by Gasteiger charge is 2.40. The molecule has 2 rings (SSSR count). The topological polar surface area (TPSA) is 71.0 Å². The molecule has 1 aliphatic heterocycles. The Morgan fingerprint density at radius 3 is 2.56 bits per heavy atom. The van der Waals surface area contributed by atoms with E-state index in [0.29, 0.717) is 13.1 Å². The average molecular weight is 368 g/mol. The molecule has 0 radical (unpaired) electrons. The molecule has 140 valence electrons. The summed E-state index contributed by atoms with van der Waals surface area (Å²) in [6, 6.07) is 8.09. The van der Waals surface area contributed by atoms with E-state index in [4.69, 9.17) is 4.74 Å². The van der Waals surface area contributed by atoms with Crippen LogP contribution in [0.1, 0.15) is 25.8 Å². The number of aliphatic imine (C=N–C) groups is 1. The Labute approximate surface area is 151 Å². The Bertz CT molecular complexity index is 697. The Morgan fingerprint density at radius 1 is 1.32 bits per heavy atom. The van der Waals surface area contributed by atoms with Gasteiger partial charge in [0, 0.05) is 26.7 Å². The fraction of sp³-hybridized carbons (Fsp3) is 0.611. The monoisotopic (exact) mass is 367 g/mol. The van der Waals surface area contributed by atoms with Crippen LogP contribution in [0, 0.1) is 0 Å². The highest BCUT2D eigenvalue weighted by Crippen LogP contribution is 2.23. The summed E-state index contributed by atoms with van der Waals surface area (Å²) in [6.45, 7) is 5.32. The van der Waals surface area contributed by atoms with Crippen LogP contribution in [0.5, 0.6) is 5.75 Å². The van der Waals surface area contributed by atoms with Gasteiger partial charge in [0.2, 0.25) is 0 Å². The quantitative estimate of drug-likeness (QED) is 0.487. The van der Waals surface area contributed by atoms with Gasteiger partial charge in [-0.1, -0.05) is 12.1 Å². The lowest BCUT2D eigenvalue weighted by Gasteiger charge is -2.39. The SMILES string of the molecule is CN=C(NCCCc1ccc(OC)cc1)N1CCS(=O)(=O)C(C)(C)C1. The first-order valence-electron chi connectivity index (χ1n) is 8.60. The van der Waals surface area contributed by atoms with Crippen LogP contribution >= 0.6 is 0 Å². The van der Waals surface area contributed by atoms with Crippen LogP contribution in [0.4, 0.5) is 0 Å². The summed E-state index contributed by atoms with van der Waals surface area (Å²) >= 11 is 0. The van der Waals surface area contributed by atoms with Crippen LogP contribution in [0.25, 0.3) is 0 Å². The van der Waals surface area contributed by atoms with Crippen LogP contribution < -0.4 is 10.1 Å². The second kappa shape index (κ2) is 8.08. The second-order valence-corrected chi connectivity index (χ2v) is 9.67. The first kappa shape index (κ1) is 19.6. The first-order chi connectivity index (χ1) is 11.8. The van der Waals surface area contributed by atoms with Gasteiger partial charge in [-0.2, -0.15) is 0 Å². The molecule has 1 saturated heterocycles. The van der Waals surface area contributed by atoms with Crippen LogP contribution in [0.15, 0.2) is 29.3 Å². The minimum Gasteiger partial charge on any atom is -0.497 e. The van der Waals surface area contributed by atoms with Gasteiger partial charge >= 0.3 is 0 Å². The molecule has 1 N–H and O–H groups in total. The molecule has 0 aromatic heterocycles. The number of sulfone groups is 1. The van der Waals surface area contributed by atoms with Crippen molar-refractivity contribution in [1.29, 1.82) is 0 Å². The maximum absolute atomic E-state index is 12.1. The number of aryl methyl sites for hydroxylation is 1. The summed E-state index contributed by atoms with van der Waals surface area (Å²) in [5, 5.41) is 3.35. The van der Waals surface area contributed by atoms with Gasteiger partial charge in [-0.05, 0) is 44.4 Å². The maximum Gasteiger partial charge on any atom is 0.193 e. The molecule has 7 heteroatoms. The zero-order chi connectivity index (χ0) is 18.5. The summed E-state index contributed by atoms with van der Waals surface area (Å²) < 4.78 is 28.7. The van der Waals surface area contributed by atoms with E-state index in [0.717, 1.165) is 31.1 Å². The van der Waals surface area contributed by atoms with E-state index in [9.17, 15) is 8.42 Å². The molecule has 6 nitrogen and oxygen atoms in total. The predicted octanol–water partition coefficient (Wildman–Crippen LogP) is 1.71. The number of guanidine groups is 1. The molecule has 0 spiro atoms. The Morgan fingerprint density at radius 2 is 2.00 bits per heavy atom. The minimum atomic E-state index is -3.04. The van der Waals surface area contributed by atoms with E-state index in [1.54, 1.807) is 28.0 Å². The van der Waals surface area contributed by atoms with E-state index in [2.05, 4.69) is 22.4 Å². The Balaban J connectivity index is 1.82. The van der Waals surface area contributed by atoms with Gasteiger partial charge in [0.15, 0.2) is 15.8 Å². The summed E-state index contributed by atoms with van der Waals surface area (Å²) in [5.74, 6) is 1.81. The van der Waals surface area contributed by atoms with Crippen molar-refractivity contribution in [3.05, 3.63) is 29.8 Å². The Kier molecular flexibility index (Phi) is 6.32. The molecule has 1 aromatic carbocycles. The zero-order valence-electron chi connectivity index (χ0n) is 15.6. The van der Waals surface area contributed by atoms with Crippen molar-refractivity contribution >= 4 is 15.8 Å². The van der Waals surface area contributed by atoms with Gasteiger partial charge in [-0.3, -0.25) is 4.99 Å². The van der Waals surface area contributed by atoms with Crippen LogP contribution in [-0.2, 0) is 16.3 Å². The number of hydrogen-bond donors (Lipinski definition) is 1. The van der Waals surface area contributed by atoms with E-state index in [1.165, 1.54) is 5.56 Å². The molecule has 25 heavy (non-hydrogen) atoms. The van der Waals surface area contributed by atoms with Crippen LogP contribution in [0.2, 0.25) is 0 Å². The summed E-state index contributed by atoms with van der Waals surface area (Å²) in [6.07, 6.45) is 1.94. The number of nitrogens with zero attached hydrogens (tertiary/aromatic N) is 2. The standard InChI is InChI=1S/C18H29N3O3S/c1-18(2)14-21(12-13-25(18,22)23)17(19-3)20-11-5-6-15-7-9-16(24-4)10-8-15/h7-10H,5-6,11-14H2,1-4H3,(H,19,20). The fourth-order valence-electron chi connectivity index (χ4n) is 2.94. The zero-order valence-corrected chi connectivity index (χ0v) is 16.4. The van der Waals surface area contributed by atoms with Crippen LogP contribution in [0.3, 0.4) is 0 Å². The lowest BCUT2D eigenvalue weighted by molar-refractivity contribution is 0.353. The molecule has 0 unspecified atom stereocenters. The third-order valence-electron chi connectivity index (χ3n) is 4.64. The lowest BCUT2D eigenvalue weighted by Crippen LogP contribution is -2.57. The molecule has 0 saturated carbocycles. The van der Waals surface area contributed by atoms with E-state index in [1.807, 2.05) is 17.0 Å². The number of hydrogen-bond acceptors (Lipinski definition) is 4. The van der Waals surface area contributed by atoms with Crippen molar-refractivity contribution in [2.75, 3.05) is 39.5 Å². The van der Waals surface area contributed by atoms with Crippen molar-refractivity contribution in [3.8, 4) is 5.75 Å². The van der Waals surface area contributed by atoms with Gasteiger partial charge in [0.05, 0.1) is 17.6 Å². The van der Waals surface area contributed by atoms with Crippen molar-refractivity contribution in [1.82, 2.24) is 10.2 Å². The van der Waals surface area contributed by atoms with Crippen molar-refractivity contribution in [2.24, 2.45) is 4.99 Å². The molecular formula is C18H29N3O3S. The largest absolute Gasteiger partial charge is 0.497 e. The van der Waals surface area contributed by atoms with E-state index in [-0.39, 0.29) is 5.75 Å². The molecule has 1 heterocycles. The first-order valence-corrected chi connectivity index (χ1v) is 10.2. The molecule has 0 aliphatic carbocycles. The predicted molar refractivity (Wildman–Crippen MR) is 102 cm³/mol. The molecule has 0 bridgehead atoms. The maximum atomic E-state index is 12.1. The number of nitrogens with one attached hydrogen (secondary N) is 1. The minimum absolute atomic E-state index is 0.173. The number of methoxy groups -OCH3 is 1. The third-order valence-corrected chi connectivity index (χ3v) is 7.17. The van der Waals surface area contributed by atoms with Crippen molar-refractivity contribution in [3.63, 3.8) is 0 Å². The molecule has 0 amide bonds. The number of ether oxygens (including phenoxy) is 1. The molecule has 1 aliphatic rings. The molecule has 0 atom stereocenters. The fourth-order valence-corrected chi connectivity index (χ4v) is 4.31. The normalized spacial score (nSPS) is 19.5. The van der Waals surface area contributed by atoms with Gasteiger partial charge in [0.1, 0.15) is 5.75 Å². The molecule has 1 aromatic rings. The number of benzene rings is 1. The second-order valence-electron chi connectivity index (χ2n) is 6.93.